The van der Waals surface area contributed by atoms with Crippen molar-refractivity contribution < 1.29 is 29.0 Å². The lowest BCUT2D eigenvalue weighted by Crippen LogP contribution is -2.44. The predicted octanol–water partition coefficient (Wildman–Crippen LogP) is 6.19. The Hall–Kier alpha value is -4.69. The van der Waals surface area contributed by atoms with Crippen LogP contribution in [-0.2, 0) is 38.7 Å². The third-order valence-corrected chi connectivity index (χ3v) is 7.67. The van der Waals surface area contributed by atoms with Gasteiger partial charge in [-0.25, -0.2) is 0 Å². The molecule has 0 aliphatic rings. The summed E-state index contributed by atoms with van der Waals surface area (Å²) in [6, 6.07) is 26.5. The molecule has 3 aromatic rings. The van der Waals surface area contributed by atoms with Gasteiger partial charge in [-0.15, -0.1) is 13.2 Å². The van der Waals surface area contributed by atoms with Crippen LogP contribution in [0.2, 0.25) is 0 Å². The Balaban J connectivity index is 1.67. The first-order valence-corrected chi connectivity index (χ1v) is 16.3. The van der Waals surface area contributed by atoms with E-state index in [1.807, 2.05) is 91.0 Å². The fraction of sp³-hybridized carbons (Fsp3) is 0.359. The van der Waals surface area contributed by atoms with E-state index in [1.54, 1.807) is 11.0 Å². The van der Waals surface area contributed by atoms with Gasteiger partial charge in [-0.05, 0) is 60.9 Å². The average Bonchev–Trinajstić information content (AvgIpc) is 3.09. The lowest BCUT2D eigenvalue weighted by Gasteiger charge is -2.26. The average molecular weight is 641 g/mol. The summed E-state index contributed by atoms with van der Waals surface area (Å²) in [5.74, 6) is -0.842. The van der Waals surface area contributed by atoms with E-state index in [0.717, 1.165) is 35.3 Å². The van der Waals surface area contributed by atoms with Crippen LogP contribution in [0.1, 0.15) is 55.2 Å². The van der Waals surface area contributed by atoms with E-state index in [4.69, 9.17) is 9.47 Å². The smallest absolute Gasteiger partial charge is 0.305 e. The quantitative estimate of drug-likeness (QED) is 0.0772. The van der Waals surface area contributed by atoms with Gasteiger partial charge in [0.15, 0.2) is 0 Å². The SMILES string of the molecule is C=CCCCCC(=O)OC[C@H](Cc1ccc(OCc2ccccc2)cc1)NC(=O)[C@H](CC=C)CC(=O)N(CCO)Cc1ccccc1. The molecule has 3 rings (SSSR count). The molecule has 2 N–H and O–H groups in total. The number of unbranched alkanes of at least 4 members (excludes halogenated alkanes) is 2. The zero-order chi connectivity index (χ0) is 33.7. The van der Waals surface area contributed by atoms with Crippen molar-refractivity contribution in [3.8, 4) is 5.75 Å². The van der Waals surface area contributed by atoms with Crippen LogP contribution >= 0.6 is 0 Å². The van der Waals surface area contributed by atoms with Gasteiger partial charge in [0.1, 0.15) is 19.0 Å². The zero-order valence-electron chi connectivity index (χ0n) is 27.2. The molecule has 0 heterocycles. The number of nitrogens with one attached hydrogen (secondary N) is 1. The summed E-state index contributed by atoms with van der Waals surface area (Å²) in [5, 5.41) is 12.7. The van der Waals surface area contributed by atoms with E-state index < -0.39 is 12.0 Å². The number of esters is 1. The fourth-order valence-corrected chi connectivity index (χ4v) is 5.08. The van der Waals surface area contributed by atoms with E-state index in [-0.39, 0.29) is 50.4 Å². The zero-order valence-corrected chi connectivity index (χ0v) is 27.2. The second-order valence-corrected chi connectivity index (χ2v) is 11.5. The van der Waals surface area contributed by atoms with Gasteiger partial charge in [-0.3, -0.25) is 14.4 Å². The second-order valence-electron chi connectivity index (χ2n) is 11.5. The highest BCUT2D eigenvalue weighted by molar-refractivity contribution is 5.86. The van der Waals surface area contributed by atoms with E-state index in [2.05, 4.69) is 18.5 Å². The molecule has 0 bridgehead atoms. The molecule has 8 heteroatoms. The number of nitrogens with zero attached hydrogens (tertiary/aromatic N) is 1. The van der Waals surface area contributed by atoms with Crippen molar-refractivity contribution in [2.45, 2.75) is 64.1 Å². The Labute approximate surface area is 279 Å². The second kappa shape index (κ2) is 21.2. The maximum atomic E-state index is 13.6. The Morgan fingerprint density at radius 3 is 2.17 bits per heavy atom. The van der Waals surface area contributed by atoms with Crippen LogP contribution in [0.3, 0.4) is 0 Å². The fourth-order valence-electron chi connectivity index (χ4n) is 5.08. The number of amides is 2. The minimum absolute atomic E-state index is 0.00229. The van der Waals surface area contributed by atoms with E-state index in [1.165, 1.54) is 0 Å². The Kier molecular flexibility index (Phi) is 16.6. The molecule has 0 radical (unpaired) electrons. The highest BCUT2D eigenvalue weighted by Crippen LogP contribution is 2.18. The molecule has 0 saturated heterocycles. The van der Waals surface area contributed by atoms with Gasteiger partial charge in [0.25, 0.3) is 0 Å². The van der Waals surface area contributed by atoms with Gasteiger partial charge >= 0.3 is 5.97 Å². The normalized spacial score (nSPS) is 11.9. The number of aliphatic hydroxyl groups excluding tert-OH is 1. The lowest BCUT2D eigenvalue weighted by molar-refractivity contribution is -0.145. The summed E-state index contributed by atoms with van der Waals surface area (Å²) in [5.41, 5.74) is 2.93. The van der Waals surface area contributed by atoms with Crippen molar-refractivity contribution in [1.82, 2.24) is 10.2 Å². The highest BCUT2D eigenvalue weighted by Gasteiger charge is 2.26. The summed E-state index contributed by atoms with van der Waals surface area (Å²) in [4.78, 5) is 41.0. The van der Waals surface area contributed by atoms with Crippen molar-refractivity contribution in [3.05, 3.63) is 127 Å². The van der Waals surface area contributed by atoms with Gasteiger partial charge in [-0.2, -0.15) is 0 Å². The van der Waals surface area contributed by atoms with Gasteiger partial charge in [0, 0.05) is 25.9 Å². The molecule has 8 nitrogen and oxygen atoms in total. The lowest BCUT2D eigenvalue weighted by atomic mass is 9.98. The number of carbonyl (C=O) groups is 3. The third kappa shape index (κ3) is 14.1. The third-order valence-electron chi connectivity index (χ3n) is 7.67. The molecular formula is C39H48N2O6. The number of hydrogen-bond donors (Lipinski definition) is 2. The molecule has 0 fully saturated rings. The molecule has 2 atom stereocenters. The molecular weight excluding hydrogens is 592 g/mol. The number of ether oxygens (including phenoxy) is 2. The van der Waals surface area contributed by atoms with E-state index in [0.29, 0.717) is 32.4 Å². The van der Waals surface area contributed by atoms with Crippen LogP contribution in [0, 0.1) is 5.92 Å². The van der Waals surface area contributed by atoms with Crippen molar-refractivity contribution >= 4 is 17.8 Å². The summed E-state index contributed by atoms with van der Waals surface area (Å²) in [6.07, 6.45) is 6.77. The van der Waals surface area contributed by atoms with Gasteiger partial charge < -0.3 is 24.8 Å². The largest absolute Gasteiger partial charge is 0.489 e. The number of rotatable bonds is 22. The number of carbonyl (C=O) groups excluding carboxylic acids is 3. The first kappa shape index (κ1) is 36.8. The highest BCUT2D eigenvalue weighted by atomic mass is 16.5. The monoisotopic (exact) mass is 640 g/mol. The molecule has 0 aromatic heterocycles. The molecule has 2 amide bonds. The minimum atomic E-state index is -0.678. The van der Waals surface area contributed by atoms with Crippen LogP contribution in [0.4, 0.5) is 0 Å². The number of benzene rings is 3. The first-order valence-electron chi connectivity index (χ1n) is 16.3. The Morgan fingerprint density at radius 1 is 0.851 bits per heavy atom. The summed E-state index contributed by atoms with van der Waals surface area (Å²) >= 11 is 0. The van der Waals surface area contributed by atoms with Crippen LogP contribution in [-0.4, -0.2) is 53.6 Å². The summed E-state index contributed by atoms with van der Waals surface area (Å²) < 4.78 is 11.5. The van der Waals surface area contributed by atoms with Gasteiger partial charge in [0.05, 0.1) is 18.6 Å². The first-order chi connectivity index (χ1) is 22.9. The van der Waals surface area contributed by atoms with E-state index in [9.17, 15) is 19.5 Å². The predicted molar refractivity (Wildman–Crippen MR) is 184 cm³/mol. The molecule has 0 saturated carbocycles. The molecule has 3 aromatic carbocycles. The molecule has 47 heavy (non-hydrogen) atoms. The van der Waals surface area contributed by atoms with Gasteiger partial charge in [-0.1, -0.05) is 84.9 Å². The topological polar surface area (TPSA) is 105 Å². The Morgan fingerprint density at radius 2 is 1.53 bits per heavy atom. The van der Waals surface area contributed by atoms with Crippen molar-refractivity contribution in [2.24, 2.45) is 5.92 Å². The Bertz CT molecular complexity index is 1380. The van der Waals surface area contributed by atoms with Gasteiger partial charge in [0.2, 0.25) is 11.8 Å². The number of hydrogen-bond acceptors (Lipinski definition) is 6. The van der Waals surface area contributed by atoms with Crippen molar-refractivity contribution in [1.29, 1.82) is 0 Å². The molecule has 0 spiro atoms. The molecule has 0 aliphatic heterocycles. The molecule has 0 unspecified atom stereocenters. The maximum absolute atomic E-state index is 13.6. The minimum Gasteiger partial charge on any atom is -0.489 e. The maximum Gasteiger partial charge on any atom is 0.305 e. The standard InChI is InChI=1S/C39H48N2O6/c1-3-5-6-13-19-38(44)47-30-35(26-31-20-22-36(23-21-31)46-29-33-17-11-8-12-18-33)40-39(45)34(14-4-2)27-37(43)41(24-25-42)28-32-15-9-7-10-16-32/h3-4,7-12,15-18,20-23,34-35,42H,1-2,5-6,13-14,19,24-30H2,(H,40,45)/t34-,35+/m1/s1. The van der Waals surface area contributed by atoms with Crippen LogP contribution in [0.25, 0.3) is 0 Å². The molecule has 250 valence electrons. The van der Waals surface area contributed by atoms with Crippen molar-refractivity contribution in [3.63, 3.8) is 0 Å². The summed E-state index contributed by atoms with van der Waals surface area (Å²) in [7, 11) is 0. The molecule has 0 aliphatic carbocycles. The van der Waals surface area contributed by atoms with Crippen LogP contribution in [0.15, 0.2) is 110 Å². The van der Waals surface area contributed by atoms with Crippen LogP contribution < -0.4 is 10.1 Å². The van der Waals surface area contributed by atoms with E-state index >= 15 is 0 Å². The summed E-state index contributed by atoms with van der Waals surface area (Å²) in [6.45, 7) is 8.26. The number of allylic oxidation sites excluding steroid dienone is 2. The van der Waals surface area contributed by atoms with Crippen molar-refractivity contribution in [2.75, 3.05) is 19.8 Å². The number of aliphatic hydroxyl groups is 1. The van der Waals surface area contributed by atoms with Crippen LogP contribution in [0.5, 0.6) is 5.75 Å².